The van der Waals surface area contributed by atoms with Gasteiger partial charge in [-0.1, -0.05) is 223 Å². The van der Waals surface area contributed by atoms with E-state index in [2.05, 4.69) is 0 Å². The zero-order valence-electron chi connectivity index (χ0n) is 62.0. The predicted octanol–water partition coefficient (Wildman–Crippen LogP) is 28.9. The van der Waals surface area contributed by atoms with Crippen LogP contribution >= 0.6 is 0 Å². The minimum atomic E-state index is -5.54. The zero-order valence-corrected chi connectivity index (χ0v) is 62.0. The van der Waals surface area contributed by atoms with Gasteiger partial charge in [-0.15, -0.1) is 0 Å². The lowest BCUT2D eigenvalue weighted by molar-refractivity contribution is -0.157. The van der Waals surface area contributed by atoms with Crippen LogP contribution in [0.5, 0.6) is 0 Å². The molecule has 12 rings (SSSR count). The third-order valence-corrected chi connectivity index (χ3v) is 23.5. The number of rotatable bonds is 15. The molecule has 0 saturated heterocycles. The molecule has 118 heavy (non-hydrogen) atoms. The molecule has 3 aliphatic carbocycles. The maximum Gasteiger partial charge on any atom is 0.641 e. The molecular weight excluding hydrogens is 1620 g/mol. The van der Waals surface area contributed by atoms with E-state index in [1.165, 1.54) is 0 Å². The van der Waals surface area contributed by atoms with Crippen LogP contribution in [0.2, 0.25) is 0 Å². The van der Waals surface area contributed by atoms with Crippen LogP contribution in [0.1, 0.15) is 216 Å². The van der Waals surface area contributed by atoms with Crippen LogP contribution in [0.3, 0.4) is 0 Å². The third kappa shape index (κ3) is 17.3. The van der Waals surface area contributed by atoms with Crippen LogP contribution in [0.4, 0.5) is 119 Å². The van der Waals surface area contributed by atoms with Crippen molar-refractivity contribution in [1.82, 2.24) is 0 Å². The highest BCUT2D eigenvalue weighted by Crippen LogP contribution is 2.65. The number of benzene rings is 9. The Morgan fingerprint density at radius 1 is 0.178 bits per heavy atom. The van der Waals surface area contributed by atoms with Crippen LogP contribution in [0.15, 0.2) is 218 Å². The summed E-state index contributed by atoms with van der Waals surface area (Å²) in [4.78, 5) is 0. The Morgan fingerprint density at radius 2 is 0.314 bits per heavy atom. The molecular formula is C87H72BF27O3. The van der Waals surface area contributed by atoms with Crippen molar-refractivity contribution >= 4 is 7.32 Å². The van der Waals surface area contributed by atoms with Gasteiger partial charge in [0.2, 0.25) is 0 Å². The molecule has 630 valence electrons. The summed E-state index contributed by atoms with van der Waals surface area (Å²) in [6.45, 7) is 0. The fourth-order valence-electron chi connectivity index (χ4n) is 18.4. The quantitative estimate of drug-likeness (QED) is 0.0756. The van der Waals surface area contributed by atoms with Gasteiger partial charge in [0.05, 0.1) is 83.1 Å². The van der Waals surface area contributed by atoms with Gasteiger partial charge in [0.25, 0.3) is 0 Å². The average molecular weight is 1690 g/mol. The van der Waals surface area contributed by atoms with E-state index in [1.807, 2.05) is 0 Å². The van der Waals surface area contributed by atoms with Gasteiger partial charge in [0, 0.05) is 0 Å². The van der Waals surface area contributed by atoms with Crippen molar-refractivity contribution in [3.8, 4) is 0 Å². The lowest BCUT2D eigenvalue weighted by Gasteiger charge is -2.59. The number of hydrogen-bond acceptors (Lipinski definition) is 3. The van der Waals surface area contributed by atoms with Crippen molar-refractivity contribution in [2.75, 3.05) is 0 Å². The van der Waals surface area contributed by atoms with Crippen molar-refractivity contribution in [3.63, 3.8) is 0 Å². The molecule has 3 saturated carbocycles. The van der Waals surface area contributed by atoms with E-state index in [1.54, 1.807) is 0 Å². The summed E-state index contributed by atoms with van der Waals surface area (Å²) in [7, 11) is -3.60. The largest absolute Gasteiger partial charge is 0.641 e. The molecule has 3 aliphatic rings. The minimum absolute atomic E-state index is 0.0287. The molecule has 0 aromatic heterocycles. The minimum Gasteiger partial charge on any atom is -0.375 e. The SMILES string of the molecule is FC(F)(F)c1cccc(C2(OB(OC3(c4cccc(C(F)(F)F)c4)CCCCCCC3(c3cccc(C(F)(F)F)c3)c3cccc(C(F)(F)F)c3)OC3(c4cccc(C(F)(F)F)c4)CCCCCCC3(c3cccc(C(F)(F)F)c3)c3cccc(C(F)(F)F)c3)CCCCCCC2(c2cccc(C(F)(F)F)c2)c2cccc(C(F)(F)F)c2)c1. The van der Waals surface area contributed by atoms with E-state index in [-0.39, 0.29) is 57.8 Å². The molecule has 0 bridgehead atoms. The molecule has 3 unspecified atom stereocenters. The van der Waals surface area contributed by atoms with Gasteiger partial charge in [-0.2, -0.15) is 119 Å². The second-order valence-corrected chi connectivity index (χ2v) is 30.3. The third-order valence-electron chi connectivity index (χ3n) is 23.5. The molecule has 0 radical (unpaired) electrons. The Hall–Kier alpha value is -8.97. The van der Waals surface area contributed by atoms with Gasteiger partial charge in [-0.05, 0) is 161 Å². The first-order valence-corrected chi connectivity index (χ1v) is 37.7. The molecule has 3 atom stereocenters. The summed E-state index contributed by atoms with van der Waals surface area (Å²) in [5.74, 6) is 0. The van der Waals surface area contributed by atoms with Gasteiger partial charge in [-0.25, -0.2) is 0 Å². The molecule has 0 spiro atoms. The fourth-order valence-corrected chi connectivity index (χ4v) is 18.4. The van der Waals surface area contributed by atoms with E-state index < -0.39 is 254 Å². The van der Waals surface area contributed by atoms with E-state index in [9.17, 15) is 0 Å². The smallest absolute Gasteiger partial charge is 0.375 e. The monoisotopic (exact) mass is 1690 g/mol. The molecule has 0 aliphatic heterocycles. The molecule has 3 fully saturated rings. The maximum atomic E-state index is 16.2. The van der Waals surface area contributed by atoms with Gasteiger partial charge >= 0.3 is 62.9 Å². The summed E-state index contributed by atoms with van der Waals surface area (Å²) in [5.41, 5.74) is -41.5. The first-order chi connectivity index (χ1) is 55.0. The van der Waals surface area contributed by atoms with Crippen molar-refractivity contribution in [2.24, 2.45) is 0 Å². The lowest BCUT2D eigenvalue weighted by Crippen LogP contribution is -2.63. The van der Waals surface area contributed by atoms with E-state index in [0.29, 0.717) is 109 Å². The van der Waals surface area contributed by atoms with Crippen LogP contribution in [-0.4, -0.2) is 7.32 Å². The van der Waals surface area contributed by atoms with Crippen molar-refractivity contribution in [3.05, 3.63) is 319 Å². The molecule has 9 aromatic carbocycles. The normalized spacial score (nSPS) is 21.0. The summed E-state index contributed by atoms with van der Waals surface area (Å²) in [6, 6.07) is 22.9. The maximum absolute atomic E-state index is 16.2. The van der Waals surface area contributed by atoms with Crippen molar-refractivity contribution in [2.45, 2.75) is 204 Å². The lowest BCUT2D eigenvalue weighted by atomic mass is 9.54. The van der Waals surface area contributed by atoms with Gasteiger partial charge in [0.15, 0.2) is 0 Å². The zero-order chi connectivity index (χ0) is 85.8. The topological polar surface area (TPSA) is 27.7 Å². The second-order valence-electron chi connectivity index (χ2n) is 30.3. The number of hydrogen-bond donors (Lipinski definition) is 0. The second kappa shape index (κ2) is 32.5. The van der Waals surface area contributed by atoms with E-state index >= 15 is 119 Å². The summed E-state index contributed by atoms with van der Waals surface area (Å²) >= 11 is 0. The Bertz CT molecular complexity index is 4340. The van der Waals surface area contributed by atoms with Gasteiger partial charge in [-0.3, -0.25) is 0 Å². The molecule has 0 amide bonds. The van der Waals surface area contributed by atoms with Crippen LogP contribution in [0.25, 0.3) is 0 Å². The first-order valence-electron chi connectivity index (χ1n) is 37.7. The number of alkyl halides is 27. The summed E-state index contributed by atoms with van der Waals surface area (Å²) in [5, 5.41) is 0. The fraction of sp³-hybridized carbons (Fsp3) is 0.379. The highest BCUT2D eigenvalue weighted by atomic mass is 19.4. The number of halogens is 27. The van der Waals surface area contributed by atoms with Crippen molar-refractivity contribution < 1.29 is 133 Å². The van der Waals surface area contributed by atoms with Gasteiger partial charge in [0.1, 0.15) is 0 Å². The predicted molar refractivity (Wildman–Crippen MR) is 382 cm³/mol. The first kappa shape index (κ1) is 88.3. The van der Waals surface area contributed by atoms with Gasteiger partial charge < -0.3 is 14.0 Å². The average Bonchev–Trinajstić information content (AvgIpc) is 0.697. The Kier molecular flexibility index (Phi) is 24.4. The highest BCUT2D eigenvalue weighted by Gasteiger charge is 2.67. The van der Waals surface area contributed by atoms with Crippen LogP contribution in [-0.2, 0) is 103 Å². The molecule has 3 nitrogen and oxygen atoms in total. The highest BCUT2D eigenvalue weighted by molar-refractivity contribution is 6.37. The van der Waals surface area contributed by atoms with E-state index in [0.717, 1.165) is 109 Å². The standard InChI is InChI=1S/C87H72BF27O3/c89-79(90,91)64-31-13-22-55(46-64)73(56-23-14-32-65(47-56)80(92,93)94)40-7-1-4-10-43-76(73,61-28-19-37-70(52-61)85(107,108)109)116-88(117-77(62-29-20-38-71(53-62)86(110,111)112)44-11-5-2-8-41-74(77,57-24-15-33-66(48-57)81(95,96)97)58-25-16-34-67(49-58)82(98,99)100)118-78(63-30-21-39-72(54-63)87(113,114)115)45-12-6-3-9-42-75(78,59-26-17-35-68(50-59)83(101,102)103)60-27-18-36-69(51-60)84(104,105)106/h13-39,46-54H,1-12,40-45H2. The van der Waals surface area contributed by atoms with Crippen molar-refractivity contribution in [1.29, 1.82) is 0 Å². The van der Waals surface area contributed by atoms with Crippen LogP contribution in [0, 0.1) is 0 Å². The molecule has 0 N–H and O–H groups in total. The summed E-state index contributed by atoms with van der Waals surface area (Å²) in [6.07, 6.45) is -58.2. The van der Waals surface area contributed by atoms with Crippen LogP contribution < -0.4 is 0 Å². The van der Waals surface area contributed by atoms with E-state index in [4.69, 9.17) is 14.0 Å². The molecule has 0 heterocycles. The molecule has 31 heteroatoms. The Balaban J connectivity index is 1.40. The Labute approximate surface area is 660 Å². The Morgan fingerprint density at radius 3 is 0.466 bits per heavy atom. The summed E-state index contributed by atoms with van der Waals surface area (Å²) < 4.78 is 456. The molecule has 9 aromatic rings.